The molecule has 1 aliphatic heterocycles. The maximum Gasteiger partial charge on any atom is 0.416 e. The highest BCUT2D eigenvalue weighted by Gasteiger charge is 2.35. The zero-order valence-electron chi connectivity index (χ0n) is 24.5. The fourth-order valence-electron chi connectivity index (χ4n) is 4.65. The highest BCUT2D eigenvalue weighted by molar-refractivity contribution is 7.92. The van der Waals surface area contributed by atoms with Gasteiger partial charge in [-0.2, -0.15) is 13.2 Å². The molecule has 0 aromatic heterocycles. The smallest absolute Gasteiger partial charge is 0.416 e. The summed E-state index contributed by atoms with van der Waals surface area (Å²) in [5, 5.41) is 12.4. The minimum atomic E-state index is -4.52. The lowest BCUT2D eigenvalue weighted by Crippen LogP contribution is -2.50. The first-order chi connectivity index (χ1) is 21.1. The third kappa shape index (κ3) is 8.02. The summed E-state index contributed by atoms with van der Waals surface area (Å²) < 4.78 is 86.3. The quantitative estimate of drug-likeness (QED) is 0.293. The molecule has 0 spiro atoms. The Morgan fingerprint density at radius 1 is 1.09 bits per heavy atom. The van der Waals surface area contributed by atoms with Crippen LogP contribution in [0, 0.1) is 11.7 Å². The Labute approximate surface area is 257 Å². The van der Waals surface area contributed by atoms with E-state index < -0.39 is 51.7 Å². The van der Waals surface area contributed by atoms with Crippen molar-refractivity contribution in [1.29, 1.82) is 0 Å². The van der Waals surface area contributed by atoms with Crippen molar-refractivity contribution in [3.8, 4) is 5.75 Å². The van der Waals surface area contributed by atoms with Gasteiger partial charge in [0.05, 0.1) is 35.2 Å². The molecule has 242 valence electrons. The zero-order valence-corrected chi connectivity index (χ0v) is 25.3. The first kappa shape index (κ1) is 33.5. The van der Waals surface area contributed by atoms with Gasteiger partial charge in [-0.05, 0) is 73.7 Å². The average Bonchev–Trinajstić information content (AvgIpc) is 2.98. The van der Waals surface area contributed by atoms with Crippen molar-refractivity contribution in [3.05, 3.63) is 83.7 Å². The van der Waals surface area contributed by atoms with Crippen LogP contribution in [-0.4, -0.2) is 74.2 Å². The van der Waals surface area contributed by atoms with Crippen LogP contribution in [0.3, 0.4) is 0 Å². The van der Waals surface area contributed by atoms with Crippen molar-refractivity contribution in [2.24, 2.45) is 5.92 Å². The number of anilines is 2. The van der Waals surface area contributed by atoms with Crippen molar-refractivity contribution in [2.45, 2.75) is 37.1 Å². The number of carbonyl (C=O) groups is 2. The van der Waals surface area contributed by atoms with Gasteiger partial charge in [-0.15, -0.1) is 0 Å². The Morgan fingerprint density at radius 2 is 1.71 bits per heavy atom. The summed E-state index contributed by atoms with van der Waals surface area (Å²) in [5.41, 5.74) is -0.666. The molecule has 3 aromatic rings. The molecule has 0 fully saturated rings. The number of nitrogens with one attached hydrogen (secondary N) is 2. The summed E-state index contributed by atoms with van der Waals surface area (Å²) in [6.07, 6.45) is -5.21. The number of nitrogens with zero attached hydrogens (tertiary/aromatic N) is 2. The van der Waals surface area contributed by atoms with E-state index in [2.05, 4.69) is 10.0 Å². The SMILES string of the molecule is C[C@@H]1CN([C@@H](C)CO)C(=O)c2cc(NS(=O)(=O)c3ccc(F)cc3)ccc2O[C@H]1CN(C)C(=O)Nc1ccc(C(F)(F)F)cc1. The van der Waals surface area contributed by atoms with Gasteiger partial charge in [-0.3, -0.25) is 9.52 Å². The number of benzene rings is 3. The van der Waals surface area contributed by atoms with E-state index >= 15 is 0 Å². The number of likely N-dealkylation sites (N-methyl/N-ethyl adjacent to an activating group) is 1. The summed E-state index contributed by atoms with van der Waals surface area (Å²) in [6, 6.07) is 11.0. The summed E-state index contributed by atoms with van der Waals surface area (Å²) in [7, 11) is -2.66. The number of urea groups is 1. The van der Waals surface area contributed by atoms with E-state index in [9.17, 15) is 40.7 Å². The van der Waals surface area contributed by atoms with E-state index in [1.54, 1.807) is 13.8 Å². The molecule has 3 amide bonds. The number of sulfonamides is 1. The van der Waals surface area contributed by atoms with Crippen molar-refractivity contribution >= 4 is 33.3 Å². The lowest BCUT2D eigenvalue weighted by atomic mass is 9.99. The first-order valence-electron chi connectivity index (χ1n) is 13.8. The normalized spacial score (nSPS) is 17.8. The van der Waals surface area contributed by atoms with E-state index in [1.807, 2.05) is 0 Å². The molecule has 0 unspecified atom stereocenters. The number of fused-ring (bicyclic) bond motifs is 1. The van der Waals surface area contributed by atoms with Gasteiger partial charge in [0.2, 0.25) is 0 Å². The largest absolute Gasteiger partial charge is 0.487 e. The number of hydrogen-bond donors (Lipinski definition) is 3. The van der Waals surface area contributed by atoms with Gasteiger partial charge in [-0.1, -0.05) is 6.92 Å². The van der Waals surface area contributed by atoms with Gasteiger partial charge in [-0.25, -0.2) is 17.6 Å². The summed E-state index contributed by atoms with van der Waals surface area (Å²) in [6.45, 7) is 3.21. The molecule has 0 saturated carbocycles. The second kappa shape index (κ2) is 13.3. The molecule has 0 saturated heterocycles. The summed E-state index contributed by atoms with van der Waals surface area (Å²) in [4.78, 5) is 29.1. The third-order valence-electron chi connectivity index (χ3n) is 7.30. The molecule has 0 radical (unpaired) electrons. The second-order valence-electron chi connectivity index (χ2n) is 10.8. The fraction of sp³-hybridized carbons (Fsp3) is 0.333. The summed E-state index contributed by atoms with van der Waals surface area (Å²) in [5.74, 6) is -1.39. The molecule has 3 atom stereocenters. The number of halogens is 4. The van der Waals surface area contributed by atoms with Gasteiger partial charge < -0.3 is 25.0 Å². The van der Waals surface area contributed by atoms with Crippen LogP contribution in [0.5, 0.6) is 5.75 Å². The van der Waals surface area contributed by atoms with Crippen LogP contribution in [0.4, 0.5) is 33.7 Å². The predicted octanol–water partition coefficient (Wildman–Crippen LogP) is 5.03. The number of aliphatic hydroxyl groups excluding tert-OH is 1. The molecule has 10 nitrogen and oxygen atoms in total. The number of hydrogen-bond acceptors (Lipinski definition) is 6. The topological polar surface area (TPSA) is 128 Å². The molecule has 3 N–H and O–H groups in total. The molecule has 0 bridgehead atoms. The average molecular weight is 653 g/mol. The molecule has 15 heteroatoms. The highest BCUT2D eigenvalue weighted by Crippen LogP contribution is 2.32. The monoisotopic (exact) mass is 652 g/mol. The lowest BCUT2D eigenvalue weighted by molar-refractivity contribution is -0.137. The summed E-state index contributed by atoms with van der Waals surface area (Å²) >= 11 is 0. The highest BCUT2D eigenvalue weighted by atomic mass is 32.2. The Kier molecular flexibility index (Phi) is 9.92. The zero-order chi connectivity index (χ0) is 33.1. The van der Waals surface area contributed by atoms with Gasteiger partial charge >= 0.3 is 12.2 Å². The van der Waals surface area contributed by atoms with Crippen molar-refractivity contribution in [3.63, 3.8) is 0 Å². The van der Waals surface area contributed by atoms with E-state index in [-0.39, 0.29) is 53.2 Å². The molecule has 45 heavy (non-hydrogen) atoms. The molecule has 1 heterocycles. The minimum Gasteiger partial charge on any atom is -0.487 e. The number of ether oxygens (including phenoxy) is 1. The number of amides is 3. The van der Waals surface area contributed by atoms with Crippen molar-refractivity contribution < 1.29 is 45.4 Å². The van der Waals surface area contributed by atoms with Crippen LogP contribution >= 0.6 is 0 Å². The Balaban J connectivity index is 1.57. The van der Waals surface area contributed by atoms with Crippen LogP contribution in [0.25, 0.3) is 0 Å². The van der Waals surface area contributed by atoms with Gasteiger partial charge in [0, 0.05) is 30.9 Å². The molecule has 4 rings (SSSR count). The van der Waals surface area contributed by atoms with E-state index in [4.69, 9.17) is 4.74 Å². The van der Waals surface area contributed by atoms with Crippen molar-refractivity contribution in [2.75, 3.05) is 36.8 Å². The molecule has 3 aromatic carbocycles. The van der Waals surface area contributed by atoms with E-state index in [0.717, 1.165) is 48.5 Å². The van der Waals surface area contributed by atoms with Crippen LogP contribution in [0.15, 0.2) is 71.6 Å². The van der Waals surface area contributed by atoms with Crippen LogP contribution in [0.2, 0.25) is 0 Å². The van der Waals surface area contributed by atoms with Crippen molar-refractivity contribution in [1.82, 2.24) is 9.80 Å². The van der Waals surface area contributed by atoms with Crippen LogP contribution in [-0.2, 0) is 16.2 Å². The maximum absolute atomic E-state index is 13.7. The second-order valence-corrected chi connectivity index (χ2v) is 12.5. The fourth-order valence-corrected chi connectivity index (χ4v) is 5.70. The molecule has 1 aliphatic rings. The maximum atomic E-state index is 13.7. The Bertz CT molecular complexity index is 1640. The predicted molar refractivity (Wildman–Crippen MR) is 158 cm³/mol. The Morgan fingerprint density at radius 3 is 2.31 bits per heavy atom. The molecular weight excluding hydrogens is 620 g/mol. The minimum absolute atomic E-state index is 0.00155. The van der Waals surface area contributed by atoms with Gasteiger partial charge in [0.15, 0.2) is 0 Å². The number of carbonyl (C=O) groups excluding carboxylic acids is 2. The van der Waals surface area contributed by atoms with Crippen LogP contribution in [0.1, 0.15) is 29.8 Å². The Hall–Kier alpha value is -4.37. The standard InChI is InChI=1S/C30H32F4N4O6S/c1-18-15-38(19(2)17-39)28(40)25-14-23(36-45(42,43)24-11-6-21(31)7-12-24)10-13-26(25)44-27(18)16-37(3)29(41)35-22-8-4-20(5-9-22)30(32,33)34/h4-14,18-19,27,36,39H,15-17H2,1-3H3,(H,35,41)/t18-,19+,27+/m1/s1. The van der Waals surface area contributed by atoms with E-state index in [1.165, 1.54) is 35.0 Å². The number of alkyl halides is 3. The van der Waals surface area contributed by atoms with Crippen LogP contribution < -0.4 is 14.8 Å². The number of aliphatic hydroxyl groups is 1. The molecule has 0 aliphatic carbocycles. The van der Waals surface area contributed by atoms with Gasteiger partial charge in [0.25, 0.3) is 15.9 Å². The molecular formula is C30H32F4N4O6S. The lowest BCUT2D eigenvalue weighted by Gasteiger charge is -2.38. The van der Waals surface area contributed by atoms with E-state index in [0.29, 0.717) is 0 Å². The number of rotatable bonds is 8. The third-order valence-corrected chi connectivity index (χ3v) is 8.70. The first-order valence-corrected chi connectivity index (χ1v) is 15.3. The van der Waals surface area contributed by atoms with Gasteiger partial charge in [0.1, 0.15) is 17.7 Å².